The maximum atomic E-state index is 4.59. The number of rotatable bonds is 3. The Balaban J connectivity index is 2.27. The van der Waals surface area contributed by atoms with Crippen LogP contribution in [0.1, 0.15) is 11.4 Å². The van der Waals surface area contributed by atoms with Crippen LogP contribution < -0.4 is 5.32 Å². The number of aryl methyl sites for hydroxylation is 2. The van der Waals surface area contributed by atoms with Crippen LogP contribution in [0, 0.1) is 6.92 Å². The fourth-order valence-electron chi connectivity index (χ4n) is 2.62. The van der Waals surface area contributed by atoms with E-state index in [9.17, 15) is 0 Å². The van der Waals surface area contributed by atoms with Crippen molar-refractivity contribution in [2.75, 3.05) is 7.05 Å². The molecule has 0 saturated heterocycles. The van der Waals surface area contributed by atoms with E-state index in [-0.39, 0.29) is 0 Å². The number of hydrogen-bond acceptors (Lipinski definition) is 2. The van der Waals surface area contributed by atoms with Gasteiger partial charge in [0, 0.05) is 35.8 Å². The SMILES string of the molecule is CNCc1c(-c2c(C)[nH]c3ccccc23)ncn1C. The average Bonchev–Trinajstić information content (AvgIpc) is 2.91. The summed E-state index contributed by atoms with van der Waals surface area (Å²) < 4.78 is 2.08. The minimum absolute atomic E-state index is 0.810. The van der Waals surface area contributed by atoms with Gasteiger partial charge in [-0.25, -0.2) is 4.98 Å². The van der Waals surface area contributed by atoms with Gasteiger partial charge in [0.25, 0.3) is 0 Å². The van der Waals surface area contributed by atoms with Gasteiger partial charge in [-0.15, -0.1) is 0 Å². The van der Waals surface area contributed by atoms with E-state index < -0.39 is 0 Å². The molecule has 3 aromatic rings. The Morgan fingerprint density at radius 1 is 1.32 bits per heavy atom. The van der Waals surface area contributed by atoms with Crippen molar-refractivity contribution >= 4 is 10.9 Å². The molecule has 0 amide bonds. The molecule has 2 N–H and O–H groups in total. The number of fused-ring (bicyclic) bond motifs is 1. The summed E-state index contributed by atoms with van der Waals surface area (Å²) in [6.45, 7) is 2.91. The summed E-state index contributed by atoms with van der Waals surface area (Å²) in [5, 5.41) is 4.44. The van der Waals surface area contributed by atoms with Gasteiger partial charge in [-0.1, -0.05) is 18.2 Å². The van der Waals surface area contributed by atoms with E-state index in [0.717, 1.165) is 23.4 Å². The quantitative estimate of drug-likeness (QED) is 0.754. The van der Waals surface area contributed by atoms with E-state index in [4.69, 9.17) is 0 Å². The lowest BCUT2D eigenvalue weighted by Gasteiger charge is -2.05. The van der Waals surface area contributed by atoms with Gasteiger partial charge in [0.15, 0.2) is 0 Å². The second kappa shape index (κ2) is 4.55. The molecule has 0 spiro atoms. The van der Waals surface area contributed by atoms with Gasteiger partial charge in [0.05, 0.1) is 17.7 Å². The van der Waals surface area contributed by atoms with E-state index in [2.05, 4.69) is 51.0 Å². The lowest BCUT2D eigenvalue weighted by Crippen LogP contribution is -2.10. The summed E-state index contributed by atoms with van der Waals surface area (Å²) in [7, 11) is 3.99. The van der Waals surface area contributed by atoms with Gasteiger partial charge < -0.3 is 14.9 Å². The van der Waals surface area contributed by atoms with E-state index >= 15 is 0 Å². The van der Waals surface area contributed by atoms with Gasteiger partial charge in [0.2, 0.25) is 0 Å². The van der Waals surface area contributed by atoms with E-state index in [1.807, 2.05) is 20.4 Å². The highest BCUT2D eigenvalue weighted by atomic mass is 15.1. The molecule has 3 rings (SSSR count). The molecule has 0 bridgehead atoms. The van der Waals surface area contributed by atoms with Crippen molar-refractivity contribution in [1.29, 1.82) is 0 Å². The first-order chi connectivity index (χ1) is 9.22. The van der Waals surface area contributed by atoms with Crippen molar-refractivity contribution in [3.05, 3.63) is 42.0 Å². The highest BCUT2D eigenvalue weighted by molar-refractivity contribution is 5.96. The van der Waals surface area contributed by atoms with Crippen LogP contribution in [0.3, 0.4) is 0 Å². The number of aromatic amines is 1. The number of hydrogen-bond donors (Lipinski definition) is 2. The Morgan fingerprint density at radius 3 is 2.89 bits per heavy atom. The van der Waals surface area contributed by atoms with Crippen LogP contribution in [0.25, 0.3) is 22.2 Å². The van der Waals surface area contributed by atoms with Crippen LogP contribution in [-0.2, 0) is 13.6 Å². The fraction of sp³-hybridized carbons (Fsp3) is 0.267. The predicted octanol–water partition coefficient (Wildman–Crippen LogP) is 2.60. The molecule has 0 saturated carbocycles. The lowest BCUT2D eigenvalue weighted by atomic mass is 10.1. The van der Waals surface area contributed by atoms with E-state index in [1.165, 1.54) is 16.6 Å². The van der Waals surface area contributed by atoms with Gasteiger partial charge in [-0.3, -0.25) is 0 Å². The summed E-state index contributed by atoms with van der Waals surface area (Å²) in [4.78, 5) is 8.03. The molecule has 98 valence electrons. The smallest absolute Gasteiger partial charge is 0.0953 e. The number of H-pyrrole nitrogens is 1. The van der Waals surface area contributed by atoms with Crippen molar-refractivity contribution in [3.8, 4) is 11.3 Å². The van der Waals surface area contributed by atoms with Gasteiger partial charge >= 0.3 is 0 Å². The van der Waals surface area contributed by atoms with Crippen molar-refractivity contribution in [3.63, 3.8) is 0 Å². The van der Waals surface area contributed by atoms with E-state index in [1.54, 1.807) is 0 Å². The molecular weight excluding hydrogens is 236 g/mol. The standard InChI is InChI=1S/C15H18N4/c1-10-14(11-6-4-5-7-12(11)18-10)15-13(8-16-2)19(3)9-17-15/h4-7,9,16,18H,8H2,1-3H3. The molecule has 2 aromatic heterocycles. The van der Waals surface area contributed by atoms with Crippen molar-refractivity contribution < 1.29 is 0 Å². The molecule has 19 heavy (non-hydrogen) atoms. The topological polar surface area (TPSA) is 45.6 Å². The van der Waals surface area contributed by atoms with Gasteiger partial charge in [0.1, 0.15) is 0 Å². The van der Waals surface area contributed by atoms with Gasteiger partial charge in [-0.05, 0) is 20.0 Å². The minimum Gasteiger partial charge on any atom is -0.358 e. The summed E-state index contributed by atoms with van der Waals surface area (Å²) in [5.41, 5.74) is 5.80. The Labute approximate surface area is 112 Å². The predicted molar refractivity (Wildman–Crippen MR) is 78.0 cm³/mol. The van der Waals surface area contributed by atoms with Crippen molar-refractivity contribution in [2.24, 2.45) is 7.05 Å². The Morgan fingerprint density at radius 2 is 2.11 bits per heavy atom. The lowest BCUT2D eigenvalue weighted by molar-refractivity contribution is 0.735. The van der Waals surface area contributed by atoms with Crippen LogP contribution in [0.2, 0.25) is 0 Å². The number of nitrogens with zero attached hydrogens (tertiary/aromatic N) is 2. The number of benzene rings is 1. The summed E-state index contributed by atoms with van der Waals surface area (Å²) in [6, 6.07) is 8.37. The molecule has 0 aliphatic heterocycles. The highest BCUT2D eigenvalue weighted by Crippen LogP contribution is 2.32. The Hall–Kier alpha value is -2.07. The molecule has 2 heterocycles. The number of nitrogens with one attached hydrogen (secondary N) is 2. The first-order valence-electron chi connectivity index (χ1n) is 6.45. The largest absolute Gasteiger partial charge is 0.358 e. The summed E-state index contributed by atoms with van der Waals surface area (Å²) >= 11 is 0. The van der Waals surface area contributed by atoms with Crippen molar-refractivity contribution in [1.82, 2.24) is 19.9 Å². The third kappa shape index (κ3) is 1.85. The molecule has 0 atom stereocenters. The maximum absolute atomic E-state index is 4.59. The molecule has 0 unspecified atom stereocenters. The Bertz CT molecular complexity index is 721. The van der Waals surface area contributed by atoms with Crippen molar-refractivity contribution in [2.45, 2.75) is 13.5 Å². The third-order valence-electron chi connectivity index (χ3n) is 3.53. The van der Waals surface area contributed by atoms with Crippen LogP contribution in [0.4, 0.5) is 0 Å². The van der Waals surface area contributed by atoms with Crippen LogP contribution in [0.15, 0.2) is 30.6 Å². The highest BCUT2D eigenvalue weighted by Gasteiger charge is 2.17. The van der Waals surface area contributed by atoms with Crippen LogP contribution in [-0.4, -0.2) is 21.6 Å². The zero-order chi connectivity index (χ0) is 13.4. The molecule has 4 heteroatoms. The monoisotopic (exact) mass is 254 g/mol. The minimum atomic E-state index is 0.810. The molecule has 4 nitrogen and oxygen atoms in total. The fourth-order valence-corrected chi connectivity index (χ4v) is 2.62. The van der Waals surface area contributed by atoms with E-state index in [0.29, 0.717) is 0 Å². The van der Waals surface area contributed by atoms with Gasteiger partial charge in [-0.2, -0.15) is 0 Å². The molecule has 1 aromatic carbocycles. The average molecular weight is 254 g/mol. The third-order valence-corrected chi connectivity index (χ3v) is 3.53. The molecular formula is C15H18N4. The summed E-state index contributed by atoms with van der Waals surface area (Å²) in [6.07, 6.45) is 1.88. The summed E-state index contributed by atoms with van der Waals surface area (Å²) in [5.74, 6) is 0. The first kappa shape index (κ1) is 12.0. The normalized spacial score (nSPS) is 11.3. The molecule has 0 aliphatic rings. The second-order valence-electron chi connectivity index (χ2n) is 4.85. The zero-order valence-corrected chi connectivity index (χ0v) is 11.5. The molecule has 0 aliphatic carbocycles. The maximum Gasteiger partial charge on any atom is 0.0953 e. The molecule has 0 radical (unpaired) electrons. The Kier molecular flexibility index (Phi) is 2.87. The van der Waals surface area contributed by atoms with Crippen LogP contribution in [0.5, 0.6) is 0 Å². The number of imidazole rings is 1. The number of aromatic nitrogens is 3. The van der Waals surface area contributed by atoms with Crippen LogP contribution >= 0.6 is 0 Å². The molecule has 0 fully saturated rings. The number of para-hydroxylation sites is 1. The zero-order valence-electron chi connectivity index (χ0n) is 11.5. The first-order valence-corrected chi connectivity index (χ1v) is 6.45. The second-order valence-corrected chi connectivity index (χ2v) is 4.85.